The van der Waals surface area contributed by atoms with E-state index >= 15 is 0 Å². The number of carbonyl (C=O) groups excluding carboxylic acids is 1. The van der Waals surface area contributed by atoms with Gasteiger partial charge in [-0.3, -0.25) is 0 Å². The summed E-state index contributed by atoms with van der Waals surface area (Å²) in [7, 11) is 1.33. The maximum atomic E-state index is 10.2. The molecule has 0 heterocycles. The molecule has 0 radical (unpaired) electrons. The molecular formula is C15H18O2. The van der Waals surface area contributed by atoms with E-state index < -0.39 is 0 Å². The summed E-state index contributed by atoms with van der Waals surface area (Å²) in [4.78, 5) is 10.2. The SMILES string of the molecule is C=C(C)C(=O)OC.C=Cc1ccc(C=C)cc1. The molecule has 1 aromatic carbocycles. The lowest BCUT2D eigenvalue weighted by molar-refractivity contribution is -0.136. The first-order chi connectivity index (χ1) is 8.04. The predicted octanol–water partition coefficient (Wildman–Crippen LogP) is 3.71. The van der Waals surface area contributed by atoms with Gasteiger partial charge >= 0.3 is 5.97 Å². The van der Waals surface area contributed by atoms with Gasteiger partial charge in [-0.2, -0.15) is 0 Å². The van der Waals surface area contributed by atoms with Crippen molar-refractivity contribution in [2.24, 2.45) is 0 Å². The molecule has 0 aliphatic heterocycles. The monoisotopic (exact) mass is 230 g/mol. The molecule has 17 heavy (non-hydrogen) atoms. The molecule has 1 rings (SSSR count). The molecule has 0 bridgehead atoms. The molecule has 1 aromatic rings. The lowest BCUT2D eigenvalue weighted by Crippen LogP contribution is -1.98. The summed E-state index contributed by atoms with van der Waals surface area (Å²) in [6.07, 6.45) is 3.65. The summed E-state index contributed by atoms with van der Waals surface area (Å²) in [6.45, 7) is 12.3. The van der Waals surface area contributed by atoms with E-state index in [-0.39, 0.29) is 5.97 Å². The summed E-state index contributed by atoms with van der Waals surface area (Å²) in [6, 6.07) is 8.07. The highest BCUT2D eigenvalue weighted by molar-refractivity contribution is 5.86. The fourth-order valence-corrected chi connectivity index (χ4v) is 0.942. The Labute approximate surface area is 103 Å². The molecule has 0 fully saturated rings. The molecule has 0 amide bonds. The molecule has 0 aliphatic rings. The second-order valence-corrected chi connectivity index (χ2v) is 3.35. The van der Waals surface area contributed by atoms with Gasteiger partial charge in [0.05, 0.1) is 7.11 Å². The van der Waals surface area contributed by atoms with Crippen LogP contribution in [0.3, 0.4) is 0 Å². The highest BCUT2D eigenvalue weighted by atomic mass is 16.5. The second-order valence-electron chi connectivity index (χ2n) is 3.35. The summed E-state index contributed by atoms with van der Waals surface area (Å²) >= 11 is 0. The van der Waals surface area contributed by atoms with Crippen molar-refractivity contribution < 1.29 is 9.53 Å². The van der Waals surface area contributed by atoms with Gasteiger partial charge in [0.15, 0.2) is 0 Å². The van der Waals surface area contributed by atoms with Crippen LogP contribution in [0.25, 0.3) is 12.2 Å². The van der Waals surface area contributed by atoms with E-state index in [1.807, 2.05) is 36.4 Å². The first-order valence-electron chi connectivity index (χ1n) is 5.14. The lowest BCUT2D eigenvalue weighted by Gasteiger charge is -1.92. The molecular weight excluding hydrogens is 212 g/mol. The minimum Gasteiger partial charge on any atom is -0.466 e. The van der Waals surface area contributed by atoms with Gasteiger partial charge in [0, 0.05) is 5.57 Å². The lowest BCUT2D eigenvalue weighted by atomic mass is 10.1. The minimum atomic E-state index is -0.347. The van der Waals surface area contributed by atoms with Crippen LogP contribution in [0, 0.1) is 0 Å². The quantitative estimate of drug-likeness (QED) is 0.584. The van der Waals surface area contributed by atoms with E-state index in [2.05, 4.69) is 24.5 Å². The minimum absolute atomic E-state index is 0.347. The van der Waals surface area contributed by atoms with Crippen molar-refractivity contribution in [1.82, 2.24) is 0 Å². The Morgan fingerprint density at radius 1 is 1.12 bits per heavy atom. The first-order valence-corrected chi connectivity index (χ1v) is 5.14. The van der Waals surface area contributed by atoms with Crippen LogP contribution >= 0.6 is 0 Å². The molecule has 0 unspecified atom stereocenters. The van der Waals surface area contributed by atoms with E-state index in [0.717, 1.165) is 11.1 Å². The van der Waals surface area contributed by atoms with Crippen LogP contribution in [0.5, 0.6) is 0 Å². The van der Waals surface area contributed by atoms with Crippen molar-refractivity contribution >= 4 is 18.1 Å². The highest BCUT2D eigenvalue weighted by Crippen LogP contribution is 2.05. The molecule has 0 saturated carbocycles. The molecule has 2 nitrogen and oxygen atoms in total. The van der Waals surface area contributed by atoms with Gasteiger partial charge in [-0.1, -0.05) is 56.2 Å². The van der Waals surface area contributed by atoms with Crippen LogP contribution in [0.1, 0.15) is 18.1 Å². The highest BCUT2D eigenvalue weighted by Gasteiger charge is 1.95. The average Bonchev–Trinajstić information content (AvgIpc) is 2.38. The predicted molar refractivity (Wildman–Crippen MR) is 73.5 cm³/mol. The summed E-state index contributed by atoms with van der Waals surface area (Å²) in [5, 5.41) is 0. The third-order valence-electron chi connectivity index (χ3n) is 1.94. The number of benzene rings is 1. The van der Waals surface area contributed by atoms with Crippen LogP contribution in [0.2, 0.25) is 0 Å². The smallest absolute Gasteiger partial charge is 0.332 e. The van der Waals surface area contributed by atoms with Gasteiger partial charge in [0.2, 0.25) is 0 Å². The van der Waals surface area contributed by atoms with Crippen molar-refractivity contribution in [3.63, 3.8) is 0 Å². The Balaban J connectivity index is 0.000000325. The van der Waals surface area contributed by atoms with Crippen LogP contribution in [-0.4, -0.2) is 13.1 Å². The Hall–Kier alpha value is -2.09. The number of hydrogen-bond acceptors (Lipinski definition) is 2. The van der Waals surface area contributed by atoms with Crippen LogP contribution in [0.4, 0.5) is 0 Å². The first kappa shape index (κ1) is 14.9. The molecule has 0 N–H and O–H groups in total. The van der Waals surface area contributed by atoms with Crippen LogP contribution < -0.4 is 0 Å². The van der Waals surface area contributed by atoms with Crippen molar-refractivity contribution in [2.45, 2.75) is 6.92 Å². The van der Waals surface area contributed by atoms with Gasteiger partial charge in [-0.05, 0) is 18.1 Å². The number of rotatable bonds is 3. The zero-order valence-corrected chi connectivity index (χ0v) is 10.4. The Morgan fingerprint density at radius 3 is 1.59 bits per heavy atom. The average molecular weight is 230 g/mol. The summed E-state index contributed by atoms with van der Waals surface area (Å²) in [5.74, 6) is -0.347. The van der Waals surface area contributed by atoms with Crippen molar-refractivity contribution in [3.05, 3.63) is 60.7 Å². The molecule has 0 aromatic heterocycles. The summed E-state index contributed by atoms with van der Waals surface area (Å²) < 4.78 is 4.27. The third kappa shape index (κ3) is 6.15. The Kier molecular flexibility index (Phi) is 7.11. The van der Waals surface area contributed by atoms with E-state index in [1.54, 1.807) is 6.92 Å². The van der Waals surface area contributed by atoms with Gasteiger partial charge in [-0.25, -0.2) is 4.79 Å². The fourth-order valence-electron chi connectivity index (χ4n) is 0.942. The van der Waals surface area contributed by atoms with Gasteiger partial charge in [0.25, 0.3) is 0 Å². The van der Waals surface area contributed by atoms with Crippen LogP contribution in [-0.2, 0) is 9.53 Å². The van der Waals surface area contributed by atoms with Crippen molar-refractivity contribution in [1.29, 1.82) is 0 Å². The van der Waals surface area contributed by atoms with Gasteiger partial charge in [-0.15, -0.1) is 0 Å². The standard InChI is InChI=1S/C10H10.C5H8O2/c1-3-9-5-7-10(4-2)8-6-9;1-4(2)5(6)7-3/h3-8H,1-2H2;1H2,2-3H3. The third-order valence-corrected chi connectivity index (χ3v) is 1.94. The molecule has 0 atom stereocenters. The number of ether oxygens (including phenoxy) is 1. The topological polar surface area (TPSA) is 26.3 Å². The molecule has 0 spiro atoms. The maximum absolute atomic E-state index is 10.2. The normalized spacial score (nSPS) is 8.35. The van der Waals surface area contributed by atoms with Crippen LogP contribution in [0.15, 0.2) is 49.6 Å². The zero-order valence-electron chi connectivity index (χ0n) is 10.4. The van der Waals surface area contributed by atoms with E-state index in [1.165, 1.54) is 7.11 Å². The Bertz CT molecular complexity index is 372. The molecule has 0 saturated heterocycles. The number of methoxy groups -OCH3 is 1. The van der Waals surface area contributed by atoms with E-state index in [4.69, 9.17) is 0 Å². The molecule has 0 aliphatic carbocycles. The maximum Gasteiger partial charge on any atom is 0.332 e. The van der Waals surface area contributed by atoms with Gasteiger partial charge in [0.1, 0.15) is 0 Å². The summed E-state index contributed by atoms with van der Waals surface area (Å²) in [5.41, 5.74) is 2.72. The number of carbonyl (C=O) groups is 1. The largest absolute Gasteiger partial charge is 0.466 e. The van der Waals surface area contributed by atoms with Gasteiger partial charge < -0.3 is 4.74 Å². The number of hydrogen-bond donors (Lipinski definition) is 0. The Morgan fingerprint density at radius 2 is 1.47 bits per heavy atom. The zero-order chi connectivity index (χ0) is 13.3. The number of esters is 1. The van der Waals surface area contributed by atoms with Crippen molar-refractivity contribution in [2.75, 3.05) is 7.11 Å². The molecule has 2 heteroatoms. The fraction of sp³-hybridized carbons (Fsp3) is 0.133. The van der Waals surface area contributed by atoms with E-state index in [9.17, 15) is 4.79 Å². The second kappa shape index (κ2) is 8.11. The molecule has 90 valence electrons. The van der Waals surface area contributed by atoms with Crippen molar-refractivity contribution in [3.8, 4) is 0 Å². The van der Waals surface area contributed by atoms with E-state index in [0.29, 0.717) is 5.57 Å².